The summed E-state index contributed by atoms with van der Waals surface area (Å²) in [6.07, 6.45) is 7.74. The van der Waals surface area contributed by atoms with Crippen LogP contribution in [0.5, 0.6) is 5.75 Å². The molecule has 2 saturated carbocycles. The van der Waals surface area contributed by atoms with Crippen LogP contribution in [0.2, 0.25) is 0 Å². The Morgan fingerprint density at radius 2 is 1.80 bits per heavy atom. The van der Waals surface area contributed by atoms with Crippen LogP contribution < -0.4 is 4.74 Å². The molecule has 2 aromatic rings. The number of rotatable bonds is 4. The number of carbonyl (C=O) groups excluding carboxylic acids is 1. The first-order chi connectivity index (χ1) is 14.5. The van der Waals surface area contributed by atoms with Crippen LogP contribution in [0.15, 0.2) is 42.5 Å². The molecule has 0 aliphatic heterocycles. The zero-order valence-electron chi connectivity index (χ0n) is 18.6. The molecule has 0 bridgehead atoms. The average Bonchev–Trinajstić information content (AvgIpc) is 3.09. The van der Waals surface area contributed by atoms with Gasteiger partial charge in [-0.3, -0.25) is 4.79 Å². The molecule has 3 aliphatic rings. The van der Waals surface area contributed by atoms with Gasteiger partial charge in [-0.1, -0.05) is 44.2 Å². The minimum absolute atomic E-state index is 0.0275. The maximum atomic E-state index is 12.6. The standard InChI is InChI=1S/C28H34O2/c1-4-22(18-5-9-21(30-3)10-6-18)19-7-11-23-20(17-19)8-12-25-24(23)15-16-28(2)26(25)13-14-27(28)29/h5-7,9-11,17,22,24-26H,4,8,12-16H2,1-3H3/t22?,24-,25-,26+,28+/m1/s1. The van der Waals surface area contributed by atoms with Crippen LogP contribution in [0, 0.1) is 17.3 Å². The maximum absolute atomic E-state index is 12.6. The normalized spacial score (nSPS) is 30.9. The summed E-state index contributed by atoms with van der Waals surface area (Å²) in [6, 6.07) is 15.9. The lowest BCUT2D eigenvalue weighted by atomic mass is 9.55. The van der Waals surface area contributed by atoms with Crippen LogP contribution in [-0.4, -0.2) is 12.9 Å². The summed E-state index contributed by atoms with van der Waals surface area (Å²) in [5.74, 6) is 3.86. The van der Waals surface area contributed by atoms with Gasteiger partial charge < -0.3 is 4.74 Å². The molecule has 0 spiro atoms. The van der Waals surface area contributed by atoms with Crippen molar-refractivity contribution in [3.8, 4) is 5.75 Å². The van der Waals surface area contributed by atoms with Gasteiger partial charge in [-0.05, 0) is 90.7 Å². The molecule has 0 aromatic heterocycles. The van der Waals surface area contributed by atoms with Crippen LogP contribution >= 0.6 is 0 Å². The number of Topliss-reactive ketones (excluding diaryl/α,β-unsaturated/α-hetero) is 1. The Morgan fingerprint density at radius 3 is 2.53 bits per heavy atom. The molecule has 2 aromatic carbocycles. The summed E-state index contributed by atoms with van der Waals surface area (Å²) in [5.41, 5.74) is 5.93. The second-order valence-electron chi connectivity index (χ2n) is 10.0. The lowest BCUT2D eigenvalue weighted by molar-refractivity contribution is -0.129. The summed E-state index contributed by atoms with van der Waals surface area (Å²) in [7, 11) is 1.72. The first-order valence-corrected chi connectivity index (χ1v) is 11.8. The Balaban J connectivity index is 1.43. The molecule has 5 atom stereocenters. The monoisotopic (exact) mass is 402 g/mol. The number of aryl methyl sites for hydroxylation is 1. The van der Waals surface area contributed by atoms with Crippen LogP contribution in [0.25, 0.3) is 0 Å². The molecule has 0 radical (unpaired) electrons. The van der Waals surface area contributed by atoms with Gasteiger partial charge in [0.2, 0.25) is 0 Å². The molecule has 0 amide bonds. The van der Waals surface area contributed by atoms with Crippen molar-refractivity contribution in [2.24, 2.45) is 17.3 Å². The molecule has 2 fully saturated rings. The van der Waals surface area contributed by atoms with Gasteiger partial charge in [0, 0.05) is 17.8 Å². The van der Waals surface area contributed by atoms with Crippen molar-refractivity contribution in [2.75, 3.05) is 7.11 Å². The van der Waals surface area contributed by atoms with Gasteiger partial charge >= 0.3 is 0 Å². The van der Waals surface area contributed by atoms with Crippen molar-refractivity contribution in [3.05, 3.63) is 64.7 Å². The Kier molecular flexibility index (Phi) is 5.00. The molecular weight excluding hydrogens is 368 g/mol. The van der Waals surface area contributed by atoms with E-state index in [1.807, 2.05) is 0 Å². The van der Waals surface area contributed by atoms with E-state index in [1.165, 1.54) is 30.4 Å². The number of fused-ring (bicyclic) bond motifs is 5. The van der Waals surface area contributed by atoms with Crippen LogP contribution in [0.3, 0.4) is 0 Å². The van der Waals surface area contributed by atoms with E-state index in [1.54, 1.807) is 18.2 Å². The summed E-state index contributed by atoms with van der Waals surface area (Å²) >= 11 is 0. The Morgan fingerprint density at radius 1 is 1.03 bits per heavy atom. The minimum atomic E-state index is -0.0275. The van der Waals surface area contributed by atoms with Crippen LogP contribution in [0.4, 0.5) is 0 Å². The van der Waals surface area contributed by atoms with Crippen molar-refractivity contribution >= 4 is 5.78 Å². The van der Waals surface area contributed by atoms with Crippen molar-refractivity contribution in [1.29, 1.82) is 0 Å². The third kappa shape index (κ3) is 3.02. The smallest absolute Gasteiger partial charge is 0.139 e. The maximum Gasteiger partial charge on any atom is 0.139 e. The highest BCUT2D eigenvalue weighted by Crippen LogP contribution is 2.59. The van der Waals surface area contributed by atoms with Gasteiger partial charge in [0.25, 0.3) is 0 Å². The topological polar surface area (TPSA) is 26.3 Å². The summed E-state index contributed by atoms with van der Waals surface area (Å²) in [6.45, 7) is 4.55. The first-order valence-electron chi connectivity index (χ1n) is 11.8. The number of hydrogen-bond donors (Lipinski definition) is 0. The van der Waals surface area contributed by atoms with E-state index in [-0.39, 0.29) is 5.41 Å². The van der Waals surface area contributed by atoms with Crippen LogP contribution in [-0.2, 0) is 11.2 Å². The fourth-order valence-electron chi connectivity index (χ4n) is 7.09. The average molecular weight is 403 g/mol. The van der Waals surface area contributed by atoms with E-state index in [0.29, 0.717) is 29.5 Å². The largest absolute Gasteiger partial charge is 0.497 e. The predicted molar refractivity (Wildman–Crippen MR) is 121 cm³/mol. The fraction of sp³-hybridized carbons (Fsp3) is 0.536. The molecule has 30 heavy (non-hydrogen) atoms. The van der Waals surface area contributed by atoms with Crippen molar-refractivity contribution in [1.82, 2.24) is 0 Å². The molecule has 3 aliphatic carbocycles. The number of ether oxygens (including phenoxy) is 1. The van der Waals surface area contributed by atoms with Crippen molar-refractivity contribution in [3.63, 3.8) is 0 Å². The van der Waals surface area contributed by atoms with Crippen LogP contribution in [0.1, 0.15) is 86.5 Å². The second kappa shape index (κ2) is 7.55. The quantitative estimate of drug-likeness (QED) is 0.571. The molecule has 0 saturated heterocycles. The summed E-state index contributed by atoms with van der Waals surface area (Å²) in [4.78, 5) is 12.6. The predicted octanol–water partition coefficient (Wildman–Crippen LogP) is 6.66. The van der Waals surface area contributed by atoms with Gasteiger partial charge in [-0.25, -0.2) is 0 Å². The number of methoxy groups -OCH3 is 1. The Bertz CT molecular complexity index is 944. The van der Waals surface area contributed by atoms with Gasteiger partial charge in [0.15, 0.2) is 0 Å². The first kappa shape index (κ1) is 19.8. The van der Waals surface area contributed by atoms with E-state index in [4.69, 9.17) is 4.74 Å². The number of ketones is 1. The van der Waals surface area contributed by atoms with Crippen molar-refractivity contribution in [2.45, 2.75) is 70.6 Å². The van der Waals surface area contributed by atoms with E-state index in [9.17, 15) is 4.79 Å². The third-order valence-corrected chi connectivity index (χ3v) is 8.79. The highest BCUT2D eigenvalue weighted by atomic mass is 16.5. The SMILES string of the molecule is CCC(c1ccc(OC)cc1)c1ccc2c(c1)CC[C@@H]1[C@@H]2CC[C@]2(C)C(=O)CC[C@@H]12. The number of carbonyl (C=O) groups is 1. The second-order valence-corrected chi connectivity index (χ2v) is 10.0. The van der Waals surface area contributed by atoms with E-state index < -0.39 is 0 Å². The Hall–Kier alpha value is -2.09. The van der Waals surface area contributed by atoms with Gasteiger partial charge in [0.05, 0.1) is 7.11 Å². The van der Waals surface area contributed by atoms with E-state index in [2.05, 4.69) is 56.3 Å². The molecule has 158 valence electrons. The summed E-state index contributed by atoms with van der Waals surface area (Å²) < 4.78 is 5.34. The van der Waals surface area contributed by atoms with Gasteiger partial charge in [0.1, 0.15) is 11.5 Å². The molecule has 2 nitrogen and oxygen atoms in total. The number of hydrogen-bond acceptors (Lipinski definition) is 2. The zero-order chi connectivity index (χ0) is 20.9. The highest BCUT2D eigenvalue weighted by molar-refractivity contribution is 5.87. The van der Waals surface area contributed by atoms with E-state index >= 15 is 0 Å². The number of benzene rings is 2. The molecule has 5 rings (SSSR count). The van der Waals surface area contributed by atoms with Crippen molar-refractivity contribution < 1.29 is 9.53 Å². The van der Waals surface area contributed by atoms with Gasteiger partial charge in [-0.15, -0.1) is 0 Å². The summed E-state index contributed by atoms with van der Waals surface area (Å²) in [5, 5.41) is 0. The lowest BCUT2D eigenvalue weighted by Gasteiger charge is -2.48. The molecule has 2 heteroatoms. The fourth-order valence-corrected chi connectivity index (χ4v) is 7.09. The Labute approximate surface area is 181 Å². The molecular formula is C28H34O2. The van der Waals surface area contributed by atoms with Gasteiger partial charge in [-0.2, -0.15) is 0 Å². The zero-order valence-corrected chi connectivity index (χ0v) is 18.6. The van der Waals surface area contributed by atoms with E-state index in [0.717, 1.165) is 31.4 Å². The third-order valence-electron chi connectivity index (χ3n) is 8.79. The highest BCUT2D eigenvalue weighted by Gasteiger charge is 2.54. The minimum Gasteiger partial charge on any atom is -0.497 e. The molecule has 0 N–H and O–H groups in total. The molecule has 1 unspecified atom stereocenters. The molecule has 0 heterocycles. The lowest BCUT2D eigenvalue weighted by Crippen LogP contribution is -2.42.